The van der Waals surface area contributed by atoms with Crippen LogP contribution < -0.4 is 0 Å². The standard InChI is InChI=1S/CH19N3Si6/c1-2(5)9-4(8)10-3(6)7/h9-10H2,1,5-8H3. The van der Waals surface area contributed by atoms with Gasteiger partial charge < -0.3 is 12.0 Å². The third-order valence-corrected chi connectivity index (χ3v) is 8.59. The Labute approximate surface area is 80.5 Å². The Bertz CT molecular complexity index is 75.1. The normalized spacial score (nSPS) is 15.6. The van der Waals surface area contributed by atoms with Crippen molar-refractivity contribution in [2.24, 2.45) is 0 Å². The van der Waals surface area contributed by atoms with Crippen molar-refractivity contribution >= 4 is 61.3 Å². The minimum Gasteiger partial charge on any atom is -0.377 e. The van der Waals surface area contributed by atoms with E-state index in [4.69, 9.17) is 0 Å². The molecule has 0 saturated heterocycles. The highest BCUT2D eigenvalue weighted by molar-refractivity contribution is 6.65. The summed E-state index contributed by atoms with van der Waals surface area (Å²) in [5, 5.41) is 0. The Kier molecular flexibility index (Phi) is 6.47. The third-order valence-electron chi connectivity index (χ3n) is 1.05. The maximum atomic E-state index is 2.77. The highest BCUT2D eigenvalue weighted by Gasteiger charge is 2.00. The largest absolute Gasteiger partial charge is 0.377 e. The summed E-state index contributed by atoms with van der Waals surface area (Å²) in [7, 11) is 7.70. The van der Waals surface area contributed by atoms with E-state index in [1.165, 1.54) is 41.6 Å². The second kappa shape index (κ2) is 5.78. The van der Waals surface area contributed by atoms with Crippen LogP contribution in [0.3, 0.4) is 0 Å². The SMILES string of the molecule is CN([SiH3])[SiH2]N([SiH3])[SiH2]N([SiH3])[SiH3]. The van der Waals surface area contributed by atoms with Crippen molar-refractivity contribution < 1.29 is 0 Å². The van der Waals surface area contributed by atoms with Crippen molar-refractivity contribution in [3.05, 3.63) is 0 Å². The Morgan fingerprint density at radius 2 is 1.50 bits per heavy atom. The summed E-state index contributed by atoms with van der Waals surface area (Å²) >= 11 is 0. The molecule has 0 aromatic carbocycles. The smallest absolute Gasteiger partial charge is 0.152 e. The lowest BCUT2D eigenvalue weighted by Gasteiger charge is -2.24. The van der Waals surface area contributed by atoms with Gasteiger partial charge in [0.05, 0.1) is 41.6 Å². The molecule has 0 radical (unpaired) electrons. The molecule has 3 nitrogen and oxygen atoms in total. The minimum atomic E-state index is 0.0823. The van der Waals surface area contributed by atoms with E-state index < -0.39 is 0 Å². The van der Waals surface area contributed by atoms with Gasteiger partial charge in [0.2, 0.25) is 0 Å². The van der Waals surface area contributed by atoms with Crippen LogP contribution in [-0.4, -0.2) is 80.4 Å². The van der Waals surface area contributed by atoms with Crippen LogP contribution in [0.1, 0.15) is 0 Å². The first-order chi connectivity index (χ1) is 4.52. The van der Waals surface area contributed by atoms with Gasteiger partial charge >= 0.3 is 0 Å². The van der Waals surface area contributed by atoms with E-state index in [0.29, 0.717) is 0 Å². The molecule has 0 rings (SSSR count). The van der Waals surface area contributed by atoms with Crippen molar-refractivity contribution in [3.8, 4) is 0 Å². The average Bonchev–Trinajstić information content (AvgIpc) is 1.58. The van der Waals surface area contributed by atoms with Crippen LogP contribution >= 0.6 is 0 Å². The van der Waals surface area contributed by atoms with Crippen molar-refractivity contribution in [1.29, 1.82) is 0 Å². The van der Waals surface area contributed by atoms with Crippen LogP contribution in [0.25, 0.3) is 0 Å². The molecular formula is CH19N3Si6. The molecule has 0 aliphatic carbocycles. The van der Waals surface area contributed by atoms with E-state index in [9.17, 15) is 0 Å². The molecule has 0 saturated carbocycles. The molecule has 0 unspecified atom stereocenters. The molecule has 0 aromatic rings. The summed E-state index contributed by atoms with van der Waals surface area (Å²) in [6.45, 7) is 0. The van der Waals surface area contributed by atoms with Gasteiger partial charge in [0.15, 0.2) is 9.84 Å². The molecule has 10 heavy (non-hydrogen) atoms. The maximum absolute atomic E-state index is 2.77. The molecule has 0 N–H and O–H groups in total. The van der Waals surface area contributed by atoms with Crippen molar-refractivity contribution in [3.63, 3.8) is 0 Å². The predicted molar refractivity (Wildman–Crippen MR) is 68.3 cm³/mol. The van der Waals surface area contributed by atoms with Crippen LogP contribution in [0, 0.1) is 0 Å². The van der Waals surface area contributed by atoms with Crippen LogP contribution in [0.2, 0.25) is 0 Å². The third kappa shape index (κ3) is 7.29. The molecular weight excluding hydrogens is 223 g/mol. The Balaban J connectivity index is 3.34. The van der Waals surface area contributed by atoms with Gasteiger partial charge in [-0.2, -0.15) is 0 Å². The molecule has 0 aliphatic rings. The summed E-state index contributed by atoms with van der Waals surface area (Å²) in [5.74, 6) is 0. The molecule has 0 aromatic heterocycles. The summed E-state index contributed by atoms with van der Waals surface area (Å²) in [6.07, 6.45) is 0. The summed E-state index contributed by atoms with van der Waals surface area (Å²) < 4.78 is 7.96. The molecule has 0 heterocycles. The number of hydrogen-bond acceptors (Lipinski definition) is 3. The first-order valence-corrected chi connectivity index (χ1v) is 9.61. The number of hydrogen-bond donors (Lipinski definition) is 0. The quantitative estimate of drug-likeness (QED) is 0.453. The van der Waals surface area contributed by atoms with E-state index in [1.807, 2.05) is 0 Å². The van der Waals surface area contributed by atoms with Crippen molar-refractivity contribution in [1.82, 2.24) is 12.0 Å². The van der Waals surface area contributed by atoms with Crippen LogP contribution in [0.15, 0.2) is 0 Å². The lowest BCUT2D eigenvalue weighted by Crippen LogP contribution is -2.45. The fraction of sp³-hybridized carbons (Fsp3) is 1.00. The Morgan fingerprint density at radius 1 is 1.00 bits per heavy atom. The van der Waals surface area contributed by atoms with Gasteiger partial charge in [0.1, 0.15) is 9.84 Å². The van der Waals surface area contributed by atoms with Crippen LogP contribution in [0.5, 0.6) is 0 Å². The van der Waals surface area contributed by atoms with Gasteiger partial charge in [-0.05, 0) is 7.05 Å². The fourth-order valence-electron chi connectivity index (χ4n) is 1.01. The molecule has 0 fully saturated rings. The lowest BCUT2D eigenvalue weighted by atomic mass is 11.6. The van der Waals surface area contributed by atoms with E-state index in [2.05, 4.69) is 19.1 Å². The summed E-state index contributed by atoms with van der Waals surface area (Å²) in [5.41, 5.74) is 0. The predicted octanol–water partition coefficient (Wildman–Crippen LogP) is -7.36. The van der Waals surface area contributed by atoms with Crippen molar-refractivity contribution in [2.45, 2.75) is 0 Å². The lowest BCUT2D eigenvalue weighted by molar-refractivity contribution is 0.802. The van der Waals surface area contributed by atoms with E-state index in [0.717, 1.165) is 0 Å². The number of nitrogens with zero attached hydrogens (tertiary/aromatic N) is 3. The zero-order valence-corrected chi connectivity index (χ0v) is 18.6. The van der Waals surface area contributed by atoms with Gasteiger partial charge in [-0.25, -0.2) is 0 Å². The molecule has 62 valence electrons. The molecule has 0 spiro atoms. The second-order valence-corrected chi connectivity index (χ2v) is 23.4. The molecule has 0 bridgehead atoms. The van der Waals surface area contributed by atoms with E-state index >= 15 is 0 Å². The minimum absolute atomic E-state index is 0.0823. The van der Waals surface area contributed by atoms with Crippen LogP contribution in [-0.2, 0) is 0 Å². The molecule has 0 aliphatic heterocycles. The summed E-state index contributed by atoms with van der Waals surface area (Å²) in [6, 6.07) is 0. The molecule has 0 atom stereocenters. The summed E-state index contributed by atoms with van der Waals surface area (Å²) in [4.78, 5) is 0. The van der Waals surface area contributed by atoms with E-state index in [-0.39, 0.29) is 19.7 Å². The Hall–Kier alpha value is 1.18. The van der Waals surface area contributed by atoms with Crippen LogP contribution in [0.4, 0.5) is 0 Å². The zero-order chi connectivity index (χ0) is 8.15. The fourth-order valence-corrected chi connectivity index (χ4v) is 22.1. The molecule has 0 amide bonds. The number of rotatable bonds is 4. The Morgan fingerprint density at radius 3 is 1.80 bits per heavy atom. The van der Waals surface area contributed by atoms with Gasteiger partial charge in [-0.3, -0.25) is 0 Å². The second-order valence-electron chi connectivity index (χ2n) is 3.30. The van der Waals surface area contributed by atoms with E-state index in [1.54, 1.807) is 0 Å². The highest BCUT2D eigenvalue weighted by atomic mass is 28.4. The first kappa shape index (κ1) is 11.2. The van der Waals surface area contributed by atoms with Gasteiger partial charge in [0, 0.05) is 0 Å². The van der Waals surface area contributed by atoms with Gasteiger partial charge in [0.25, 0.3) is 0 Å². The topological polar surface area (TPSA) is 9.72 Å². The first-order valence-electron chi connectivity index (χ1n) is 3.50. The zero-order valence-electron chi connectivity index (χ0n) is 7.76. The van der Waals surface area contributed by atoms with Gasteiger partial charge in [-0.15, -0.1) is 0 Å². The monoisotopic (exact) mass is 241 g/mol. The highest BCUT2D eigenvalue weighted by Crippen LogP contribution is 1.76. The van der Waals surface area contributed by atoms with Crippen molar-refractivity contribution in [2.75, 3.05) is 7.05 Å². The van der Waals surface area contributed by atoms with Gasteiger partial charge in [-0.1, -0.05) is 0 Å². The maximum Gasteiger partial charge on any atom is 0.152 e. The average molecular weight is 242 g/mol. The molecule has 9 heteroatoms.